The van der Waals surface area contributed by atoms with Crippen LogP contribution < -0.4 is 10.6 Å². The number of nitrogens with one attached hydrogen (secondary N) is 2. The third kappa shape index (κ3) is 5.57. The Morgan fingerprint density at radius 1 is 1.26 bits per heavy atom. The van der Waals surface area contributed by atoms with Crippen LogP contribution in [-0.4, -0.2) is 56.2 Å². The summed E-state index contributed by atoms with van der Waals surface area (Å²) in [6.07, 6.45) is 0.893. The van der Waals surface area contributed by atoms with E-state index in [0.29, 0.717) is 12.5 Å². The number of guanidine groups is 1. The third-order valence-corrected chi connectivity index (χ3v) is 5.76. The normalized spacial score (nSPS) is 23.6. The Morgan fingerprint density at radius 2 is 1.89 bits per heavy atom. The van der Waals surface area contributed by atoms with E-state index >= 15 is 0 Å². The maximum absolute atomic E-state index is 11.9. The van der Waals surface area contributed by atoms with Crippen LogP contribution in [0.4, 0.5) is 0 Å². The lowest BCUT2D eigenvalue weighted by Gasteiger charge is -2.59. The predicted octanol–water partition coefficient (Wildman–Crippen LogP) is 2.63. The summed E-state index contributed by atoms with van der Waals surface area (Å²) in [5, 5.41) is 6.65. The van der Waals surface area contributed by atoms with Crippen LogP contribution in [0.25, 0.3) is 0 Å². The average Bonchev–Trinajstić information content (AvgIpc) is 2.63. The maximum Gasteiger partial charge on any atom is 0.241 e. The van der Waals surface area contributed by atoms with Gasteiger partial charge in [0.15, 0.2) is 5.96 Å². The molecule has 2 atom stereocenters. The molecule has 1 amide bonds. The standard InChI is InChI=1S/C20H32N4O2.HI/c1-19(2)16(12-20(19,3)26-6)23-18(22-14-17(25)24(4)5)21-13-15-10-8-7-9-11-15;/h7-11,16H,12-14H2,1-6H3,(H2,21,22,23);1H. The van der Waals surface area contributed by atoms with Crippen LogP contribution in [-0.2, 0) is 16.1 Å². The Kier molecular flexibility index (Phi) is 8.53. The molecule has 1 saturated carbocycles. The quantitative estimate of drug-likeness (QED) is 0.367. The van der Waals surface area contributed by atoms with Gasteiger partial charge in [-0.3, -0.25) is 4.79 Å². The summed E-state index contributed by atoms with van der Waals surface area (Å²) >= 11 is 0. The van der Waals surface area contributed by atoms with Gasteiger partial charge >= 0.3 is 0 Å². The van der Waals surface area contributed by atoms with Crippen LogP contribution in [0, 0.1) is 5.41 Å². The third-order valence-electron chi connectivity index (χ3n) is 5.76. The molecule has 0 aromatic heterocycles. The van der Waals surface area contributed by atoms with Crippen LogP contribution in [0.5, 0.6) is 0 Å². The van der Waals surface area contributed by atoms with E-state index in [2.05, 4.69) is 36.4 Å². The summed E-state index contributed by atoms with van der Waals surface area (Å²) in [7, 11) is 5.25. The van der Waals surface area contributed by atoms with E-state index in [4.69, 9.17) is 4.74 Å². The Bertz CT molecular complexity index is 649. The Balaban J connectivity index is 0.00000364. The van der Waals surface area contributed by atoms with Crippen molar-refractivity contribution in [3.8, 4) is 0 Å². The first-order chi connectivity index (χ1) is 12.2. The molecule has 0 saturated heterocycles. The number of benzene rings is 1. The van der Waals surface area contributed by atoms with E-state index in [1.54, 1.807) is 26.1 Å². The number of methoxy groups -OCH3 is 1. The molecule has 1 aromatic carbocycles. The largest absolute Gasteiger partial charge is 0.378 e. The number of halogens is 1. The van der Waals surface area contributed by atoms with E-state index in [1.807, 2.05) is 30.3 Å². The van der Waals surface area contributed by atoms with Gasteiger partial charge in [0.05, 0.1) is 18.7 Å². The molecule has 1 aromatic rings. The van der Waals surface area contributed by atoms with E-state index < -0.39 is 0 Å². The SMILES string of the molecule is COC1(C)CC(NC(=NCc2ccccc2)NCC(=O)N(C)C)C1(C)C.I. The van der Waals surface area contributed by atoms with Crippen molar-refractivity contribution in [2.24, 2.45) is 10.4 Å². The van der Waals surface area contributed by atoms with Crippen LogP contribution in [0.3, 0.4) is 0 Å². The topological polar surface area (TPSA) is 66.0 Å². The van der Waals surface area contributed by atoms with Crippen molar-refractivity contribution in [2.45, 2.75) is 45.4 Å². The number of amides is 1. The van der Waals surface area contributed by atoms with Gasteiger partial charge in [0.25, 0.3) is 0 Å². The van der Waals surface area contributed by atoms with Gasteiger partial charge in [-0.1, -0.05) is 44.2 Å². The zero-order valence-corrected chi connectivity index (χ0v) is 19.5. The molecule has 1 aliphatic rings. The highest BCUT2D eigenvalue weighted by atomic mass is 127. The molecule has 27 heavy (non-hydrogen) atoms. The highest BCUT2D eigenvalue weighted by Crippen LogP contribution is 2.51. The molecule has 2 rings (SSSR count). The van der Waals surface area contributed by atoms with E-state index in [9.17, 15) is 4.79 Å². The Labute approximate surface area is 180 Å². The molecule has 1 aliphatic carbocycles. The fourth-order valence-corrected chi connectivity index (χ4v) is 3.11. The first-order valence-corrected chi connectivity index (χ1v) is 9.03. The van der Waals surface area contributed by atoms with E-state index in [-0.39, 0.29) is 53.5 Å². The number of likely N-dealkylation sites (N-methyl/N-ethyl adjacent to an activating group) is 1. The summed E-state index contributed by atoms with van der Waals surface area (Å²) in [4.78, 5) is 18.2. The van der Waals surface area contributed by atoms with Gasteiger partial charge in [0.2, 0.25) is 5.91 Å². The van der Waals surface area contributed by atoms with E-state index in [1.165, 1.54) is 0 Å². The number of carbonyl (C=O) groups is 1. The number of hydrogen-bond donors (Lipinski definition) is 2. The summed E-state index contributed by atoms with van der Waals surface area (Å²) in [6.45, 7) is 7.28. The molecule has 7 heteroatoms. The second-order valence-corrected chi connectivity index (χ2v) is 7.85. The molecule has 2 N–H and O–H groups in total. The van der Waals surface area contributed by atoms with Crippen molar-refractivity contribution in [2.75, 3.05) is 27.7 Å². The van der Waals surface area contributed by atoms with Gasteiger partial charge in [0, 0.05) is 32.7 Å². The monoisotopic (exact) mass is 488 g/mol. The predicted molar refractivity (Wildman–Crippen MR) is 120 cm³/mol. The molecule has 152 valence electrons. The number of hydrogen-bond acceptors (Lipinski definition) is 3. The summed E-state index contributed by atoms with van der Waals surface area (Å²) in [5.41, 5.74) is 0.930. The maximum atomic E-state index is 11.9. The van der Waals surface area contributed by atoms with Gasteiger partial charge in [-0.05, 0) is 18.9 Å². The van der Waals surface area contributed by atoms with Crippen molar-refractivity contribution in [3.63, 3.8) is 0 Å². The average molecular weight is 488 g/mol. The summed E-state index contributed by atoms with van der Waals surface area (Å²) in [5.74, 6) is 0.661. The van der Waals surface area contributed by atoms with Gasteiger partial charge in [0.1, 0.15) is 0 Å². The molecule has 6 nitrogen and oxygen atoms in total. The minimum atomic E-state index is -0.158. The number of carbonyl (C=O) groups excluding carboxylic acids is 1. The minimum absolute atomic E-state index is 0. The molecule has 1 fully saturated rings. The minimum Gasteiger partial charge on any atom is -0.378 e. The molecule has 0 spiro atoms. The van der Waals surface area contributed by atoms with Crippen molar-refractivity contribution < 1.29 is 9.53 Å². The Hall–Kier alpha value is -1.35. The van der Waals surface area contributed by atoms with Crippen LogP contribution >= 0.6 is 24.0 Å². The molecule has 0 radical (unpaired) electrons. The summed E-state index contributed by atoms with van der Waals surface area (Å²) in [6, 6.07) is 10.3. The molecular weight excluding hydrogens is 455 g/mol. The molecular formula is C20H33IN4O2. The number of rotatable bonds is 6. The summed E-state index contributed by atoms with van der Waals surface area (Å²) < 4.78 is 5.70. The zero-order valence-electron chi connectivity index (χ0n) is 17.2. The lowest BCUT2D eigenvalue weighted by Crippen LogP contribution is -2.69. The van der Waals surface area contributed by atoms with Gasteiger partial charge in [-0.25, -0.2) is 4.99 Å². The highest BCUT2D eigenvalue weighted by Gasteiger charge is 2.58. The highest BCUT2D eigenvalue weighted by molar-refractivity contribution is 14.0. The lowest BCUT2D eigenvalue weighted by molar-refractivity contribution is -0.176. The molecule has 0 bridgehead atoms. The van der Waals surface area contributed by atoms with Crippen molar-refractivity contribution in [1.29, 1.82) is 0 Å². The number of nitrogens with zero attached hydrogens (tertiary/aromatic N) is 2. The molecule has 0 heterocycles. The van der Waals surface area contributed by atoms with Crippen molar-refractivity contribution in [1.82, 2.24) is 15.5 Å². The van der Waals surface area contributed by atoms with Crippen LogP contribution in [0.2, 0.25) is 0 Å². The zero-order chi connectivity index (χ0) is 19.4. The fourth-order valence-electron chi connectivity index (χ4n) is 3.11. The van der Waals surface area contributed by atoms with Crippen molar-refractivity contribution in [3.05, 3.63) is 35.9 Å². The smallest absolute Gasteiger partial charge is 0.241 e. The molecule has 0 aliphatic heterocycles. The second-order valence-electron chi connectivity index (χ2n) is 7.85. The van der Waals surface area contributed by atoms with Crippen molar-refractivity contribution >= 4 is 35.8 Å². The number of ether oxygens (including phenoxy) is 1. The second kappa shape index (κ2) is 9.73. The van der Waals surface area contributed by atoms with Crippen LogP contribution in [0.15, 0.2) is 35.3 Å². The van der Waals surface area contributed by atoms with Gasteiger partial charge < -0.3 is 20.3 Å². The van der Waals surface area contributed by atoms with Crippen LogP contribution in [0.1, 0.15) is 32.8 Å². The number of aliphatic imine (C=N–C) groups is 1. The van der Waals surface area contributed by atoms with Gasteiger partial charge in [-0.2, -0.15) is 0 Å². The first-order valence-electron chi connectivity index (χ1n) is 9.03. The molecule has 2 unspecified atom stereocenters. The first kappa shape index (κ1) is 23.7. The van der Waals surface area contributed by atoms with E-state index in [0.717, 1.165) is 12.0 Å². The lowest BCUT2D eigenvalue weighted by atomic mass is 9.56. The van der Waals surface area contributed by atoms with Gasteiger partial charge in [-0.15, -0.1) is 24.0 Å². The Morgan fingerprint density at radius 3 is 2.41 bits per heavy atom. The fraction of sp³-hybridized carbons (Fsp3) is 0.600.